The average Bonchev–Trinajstić information content (AvgIpc) is 3.73. The Balaban J connectivity index is 1.35. The molecular formula is C48H60FN5O4SSi. The summed E-state index contributed by atoms with van der Waals surface area (Å²) in [7, 11) is -0.605. The fourth-order valence-corrected chi connectivity index (χ4v) is 16.0. The van der Waals surface area contributed by atoms with Crippen molar-refractivity contribution in [1.29, 1.82) is 0 Å². The van der Waals surface area contributed by atoms with Gasteiger partial charge in [0.2, 0.25) is 0 Å². The monoisotopic (exact) mass is 849 g/mol. The van der Waals surface area contributed by atoms with Crippen molar-refractivity contribution in [3.8, 4) is 17.2 Å². The first-order valence-electron chi connectivity index (χ1n) is 21.3. The Hall–Kier alpha value is -4.57. The van der Waals surface area contributed by atoms with E-state index in [1.807, 2.05) is 23.0 Å². The fraction of sp³-hybridized carbons (Fsp3) is 0.479. The zero-order valence-electron chi connectivity index (χ0n) is 36.8. The molecule has 12 heteroatoms. The average molecular weight is 850 g/mol. The summed E-state index contributed by atoms with van der Waals surface area (Å²) in [5.74, 6) is 5.27. The molecule has 3 aromatic carbocycles. The van der Waals surface area contributed by atoms with E-state index in [2.05, 4.69) is 109 Å². The lowest BCUT2D eigenvalue weighted by Gasteiger charge is -2.40. The van der Waals surface area contributed by atoms with Gasteiger partial charge in [-0.15, -0.1) is 17.3 Å². The highest BCUT2D eigenvalue weighted by molar-refractivity contribution is 7.98. The minimum atomic E-state index is -2.19. The zero-order valence-corrected chi connectivity index (χ0v) is 38.6. The molecule has 60 heavy (non-hydrogen) atoms. The van der Waals surface area contributed by atoms with Crippen LogP contribution < -0.4 is 9.64 Å². The molecule has 2 aliphatic heterocycles. The summed E-state index contributed by atoms with van der Waals surface area (Å²) in [6, 6.07) is 18.0. The van der Waals surface area contributed by atoms with E-state index in [1.54, 1.807) is 29.8 Å². The number of ether oxygens (including phenoxy) is 2. The van der Waals surface area contributed by atoms with Crippen molar-refractivity contribution in [2.75, 3.05) is 31.9 Å². The van der Waals surface area contributed by atoms with Gasteiger partial charge in [-0.25, -0.2) is 19.2 Å². The molecule has 2 aliphatic rings. The second-order valence-corrected chi connectivity index (χ2v) is 25.1. The van der Waals surface area contributed by atoms with E-state index in [1.165, 1.54) is 17.2 Å². The van der Waals surface area contributed by atoms with Crippen LogP contribution in [0.2, 0.25) is 16.6 Å². The fourth-order valence-electron chi connectivity index (χ4n) is 9.79. The number of thioether (sulfide) groups is 1. The highest BCUT2D eigenvalue weighted by Crippen LogP contribution is 2.42. The van der Waals surface area contributed by atoms with Crippen molar-refractivity contribution in [3.05, 3.63) is 89.0 Å². The summed E-state index contributed by atoms with van der Waals surface area (Å²) in [4.78, 5) is 27.4. The molecule has 318 valence electrons. The molecule has 2 fully saturated rings. The normalized spacial score (nSPS) is 17.0. The molecule has 9 nitrogen and oxygen atoms in total. The summed E-state index contributed by atoms with van der Waals surface area (Å²) in [5.41, 5.74) is 10.2. The van der Waals surface area contributed by atoms with Crippen LogP contribution in [0.1, 0.15) is 97.4 Å². The molecule has 0 aliphatic carbocycles. The largest absolute Gasteiger partial charge is 0.468 e. The minimum absolute atomic E-state index is 0.0666. The van der Waals surface area contributed by atoms with Crippen LogP contribution in [-0.4, -0.2) is 77.8 Å². The maximum absolute atomic E-state index is 16.3. The second kappa shape index (κ2) is 17.4. The first kappa shape index (κ1) is 43.5. The molecule has 0 spiro atoms. The molecule has 2 aromatic heterocycles. The molecule has 2 atom stereocenters. The van der Waals surface area contributed by atoms with Gasteiger partial charge >= 0.3 is 6.09 Å². The molecule has 4 heterocycles. The lowest BCUT2D eigenvalue weighted by Crippen LogP contribution is -2.55. The minimum Gasteiger partial charge on any atom is -0.468 e. The topological polar surface area (TPSA) is 93.0 Å². The Kier molecular flexibility index (Phi) is 12.6. The van der Waals surface area contributed by atoms with E-state index in [9.17, 15) is 9.90 Å². The molecule has 7 rings (SSSR count). The number of amides is 1. The lowest BCUT2D eigenvalue weighted by atomic mass is 9.87. The number of rotatable bonds is 12. The van der Waals surface area contributed by atoms with Gasteiger partial charge in [0.1, 0.15) is 31.0 Å². The molecule has 1 unspecified atom stereocenters. The number of methoxy groups -OCH3 is 1. The maximum atomic E-state index is 16.3. The maximum Gasteiger partial charge on any atom is 0.407 e. The van der Waals surface area contributed by atoms with Crippen LogP contribution in [0.25, 0.3) is 21.9 Å². The van der Waals surface area contributed by atoms with Gasteiger partial charge < -0.3 is 24.0 Å². The van der Waals surface area contributed by atoms with Crippen molar-refractivity contribution in [1.82, 2.24) is 19.4 Å². The van der Waals surface area contributed by atoms with E-state index in [0.29, 0.717) is 53.2 Å². The summed E-state index contributed by atoms with van der Waals surface area (Å²) in [5, 5.41) is 11.6. The van der Waals surface area contributed by atoms with Crippen molar-refractivity contribution in [2.24, 2.45) is 0 Å². The van der Waals surface area contributed by atoms with E-state index >= 15 is 4.39 Å². The Morgan fingerprint density at radius 3 is 2.25 bits per heavy atom. The lowest BCUT2D eigenvalue weighted by molar-refractivity contribution is 0.0512. The number of halogens is 1. The van der Waals surface area contributed by atoms with Crippen LogP contribution in [0.5, 0.6) is 5.75 Å². The van der Waals surface area contributed by atoms with E-state index in [4.69, 9.17) is 19.4 Å². The van der Waals surface area contributed by atoms with Gasteiger partial charge in [0.25, 0.3) is 0 Å². The van der Waals surface area contributed by atoms with E-state index in [0.717, 1.165) is 51.2 Å². The standard InChI is InChI=1S/C48H60FN5O4SSi/c1-30(2)60(31(3)4,32(5)6)20-19-40-41(49)18-13-34-21-39(58-29-57-10)22-35(44(34)40)24-53-28-50-45-42(59-27-33-11-14-36(15-12-33)48(7,8)9)23-43(51-46(45)53)52-25-37-16-17-38(26-52)54(37)47(55)56/h11-15,18,21-23,28,30-32,37-38H,16-17,24-27,29H2,1-10H3,(H,55,56)/t37-,38?/m0/s1. The third-order valence-corrected chi connectivity index (χ3v) is 20.2. The Labute approximate surface area is 360 Å². The molecule has 2 bridgehead atoms. The number of piperazine rings is 1. The number of nitrogens with zero attached hydrogens (tertiary/aromatic N) is 5. The summed E-state index contributed by atoms with van der Waals surface area (Å²) in [6.45, 7) is 21.8. The Morgan fingerprint density at radius 1 is 0.983 bits per heavy atom. The number of imidazole rings is 1. The van der Waals surface area contributed by atoms with Crippen LogP contribution >= 0.6 is 11.8 Å². The number of carboxylic acid groups (broad SMARTS) is 1. The van der Waals surface area contributed by atoms with E-state index < -0.39 is 14.2 Å². The van der Waals surface area contributed by atoms with Gasteiger partial charge in [0, 0.05) is 36.2 Å². The van der Waals surface area contributed by atoms with Gasteiger partial charge in [-0.1, -0.05) is 98.6 Å². The third-order valence-electron chi connectivity index (χ3n) is 12.8. The van der Waals surface area contributed by atoms with Gasteiger partial charge in [-0.05, 0) is 81.2 Å². The Bertz CT molecular complexity index is 2400. The van der Waals surface area contributed by atoms with Crippen molar-refractivity contribution >= 4 is 53.7 Å². The predicted molar refractivity (Wildman–Crippen MR) is 245 cm³/mol. The zero-order chi connectivity index (χ0) is 43.1. The van der Waals surface area contributed by atoms with E-state index in [-0.39, 0.29) is 30.1 Å². The molecule has 5 aromatic rings. The van der Waals surface area contributed by atoms with Crippen LogP contribution in [0.4, 0.5) is 15.0 Å². The number of aromatic nitrogens is 3. The Morgan fingerprint density at radius 2 is 1.65 bits per heavy atom. The van der Waals surface area contributed by atoms with Crippen molar-refractivity contribution in [2.45, 2.75) is 126 Å². The number of fused-ring (bicyclic) bond motifs is 4. The molecular weight excluding hydrogens is 790 g/mol. The number of carbonyl (C=O) groups is 1. The molecule has 0 saturated carbocycles. The first-order valence-corrected chi connectivity index (χ1v) is 24.5. The first-order chi connectivity index (χ1) is 28.5. The van der Waals surface area contributed by atoms with Crippen LogP contribution in [0.3, 0.4) is 0 Å². The van der Waals surface area contributed by atoms with Crippen LogP contribution in [0.15, 0.2) is 65.8 Å². The number of pyridine rings is 1. The van der Waals surface area contributed by atoms with Gasteiger partial charge in [0.15, 0.2) is 12.4 Å². The molecule has 2 saturated heterocycles. The quantitative estimate of drug-likeness (QED) is 0.0574. The van der Waals surface area contributed by atoms with Crippen molar-refractivity contribution < 1.29 is 23.8 Å². The summed E-state index contributed by atoms with van der Waals surface area (Å²) in [6.07, 6.45) is 2.65. The molecule has 0 radical (unpaired) electrons. The summed E-state index contributed by atoms with van der Waals surface area (Å²) < 4.78 is 29.6. The second-order valence-electron chi connectivity index (χ2n) is 18.5. The van der Waals surface area contributed by atoms with Gasteiger partial charge in [-0.3, -0.25) is 4.90 Å². The predicted octanol–water partition coefficient (Wildman–Crippen LogP) is 11.2. The molecule has 1 N–H and O–H groups in total. The number of hydrogen-bond donors (Lipinski definition) is 1. The van der Waals surface area contributed by atoms with Crippen molar-refractivity contribution in [3.63, 3.8) is 0 Å². The smallest absolute Gasteiger partial charge is 0.407 e. The third kappa shape index (κ3) is 8.50. The highest BCUT2D eigenvalue weighted by atomic mass is 32.2. The summed E-state index contributed by atoms with van der Waals surface area (Å²) >= 11 is 1.73. The van der Waals surface area contributed by atoms with Crippen LogP contribution in [-0.2, 0) is 22.4 Å². The molecule has 1 amide bonds. The number of benzene rings is 3. The number of hydrogen-bond acceptors (Lipinski definition) is 7. The van der Waals surface area contributed by atoms with Crippen LogP contribution in [0, 0.1) is 17.3 Å². The van der Waals surface area contributed by atoms with Gasteiger partial charge in [-0.2, -0.15) is 0 Å². The highest BCUT2D eigenvalue weighted by Gasteiger charge is 2.44. The SMILES string of the molecule is COCOc1cc(Cn2cnc3c(SCc4ccc(C(C)(C)C)cc4)cc(N4CC5CC[C@@H](C4)N5C(=O)O)nc32)c2c(C#C[Si](C(C)C)(C(C)C)C(C)C)c(F)ccc2c1. The number of anilines is 1. The van der Waals surface area contributed by atoms with Gasteiger partial charge in [0.05, 0.1) is 30.5 Å².